The molecule has 8 heteroatoms. The molecule has 1 amide bonds. The monoisotopic (exact) mass is 454 g/mol. The Labute approximate surface area is 191 Å². The van der Waals surface area contributed by atoms with Gasteiger partial charge in [0.05, 0.1) is 17.5 Å². The van der Waals surface area contributed by atoms with Crippen LogP contribution >= 0.6 is 11.8 Å². The molecule has 1 fully saturated rings. The molecule has 2 aromatic carbocycles. The van der Waals surface area contributed by atoms with Crippen molar-refractivity contribution in [3.05, 3.63) is 54.3 Å². The van der Waals surface area contributed by atoms with E-state index >= 15 is 0 Å². The average molecular weight is 455 g/mol. The maximum absolute atomic E-state index is 14.8. The number of aromatic nitrogens is 3. The van der Waals surface area contributed by atoms with Crippen molar-refractivity contribution in [2.75, 3.05) is 19.7 Å². The lowest BCUT2D eigenvalue weighted by molar-refractivity contribution is -0.131. The van der Waals surface area contributed by atoms with Gasteiger partial charge in [-0.3, -0.25) is 9.36 Å². The number of halogens is 1. The molecule has 168 valence electrons. The molecule has 0 aliphatic carbocycles. The van der Waals surface area contributed by atoms with Gasteiger partial charge in [-0.25, -0.2) is 4.39 Å². The van der Waals surface area contributed by atoms with Crippen LogP contribution in [0.4, 0.5) is 4.39 Å². The van der Waals surface area contributed by atoms with E-state index in [0.29, 0.717) is 23.3 Å². The van der Waals surface area contributed by atoms with Gasteiger partial charge in [-0.15, -0.1) is 10.2 Å². The Balaban J connectivity index is 1.68. The van der Waals surface area contributed by atoms with Crippen molar-refractivity contribution in [3.8, 4) is 22.8 Å². The Kier molecular flexibility index (Phi) is 7.09. The molecule has 1 unspecified atom stereocenters. The molecule has 4 rings (SSSR count). The molecule has 0 radical (unpaired) electrons. The summed E-state index contributed by atoms with van der Waals surface area (Å²) in [6, 6.07) is 14.0. The molecular formula is C24H27FN4O2S. The number of carbonyl (C=O) groups excluding carboxylic acids is 1. The first-order chi connectivity index (χ1) is 15.6. The molecule has 1 aliphatic heterocycles. The van der Waals surface area contributed by atoms with Gasteiger partial charge in [0, 0.05) is 18.7 Å². The average Bonchev–Trinajstić information content (AvgIpc) is 3.23. The zero-order valence-corrected chi connectivity index (χ0v) is 19.1. The molecule has 0 spiro atoms. The second kappa shape index (κ2) is 10.2. The first kappa shape index (κ1) is 22.3. The Bertz CT molecular complexity index is 1060. The summed E-state index contributed by atoms with van der Waals surface area (Å²) in [5.41, 5.74) is 1.13. The Hall–Kier alpha value is -2.87. The number of ether oxygens (including phenoxy) is 1. The molecule has 1 atom stereocenters. The van der Waals surface area contributed by atoms with Gasteiger partial charge in [0.1, 0.15) is 11.6 Å². The lowest BCUT2D eigenvalue weighted by Crippen LogP contribution is -2.40. The van der Waals surface area contributed by atoms with Crippen LogP contribution in [-0.4, -0.2) is 50.5 Å². The molecule has 0 bridgehead atoms. The number of rotatable bonds is 7. The fraction of sp³-hybridized carbons (Fsp3) is 0.375. The molecule has 0 N–H and O–H groups in total. The van der Waals surface area contributed by atoms with E-state index in [1.807, 2.05) is 43.0 Å². The summed E-state index contributed by atoms with van der Waals surface area (Å²) < 4.78 is 22.0. The fourth-order valence-corrected chi connectivity index (χ4v) is 4.77. The lowest BCUT2D eigenvalue weighted by atomic mass is 10.1. The maximum Gasteiger partial charge on any atom is 0.235 e. The van der Waals surface area contributed by atoms with Crippen LogP contribution in [0, 0.1) is 5.82 Å². The van der Waals surface area contributed by atoms with Crippen LogP contribution in [0.15, 0.2) is 53.7 Å². The Morgan fingerprint density at radius 1 is 1.09 bits per heavy atom. The molecule has 1 aliphatic rings. The Morgan fingerprint density at radius 2 is 1.81 bits per heavy atom. The van der Waals surface area contributed by atoms with E-state index in [4.69, 9.17) is 4.74 Å². The summed E-state index contributed by atoms with van der Waals surface area (Å²) in [6.07, 6.45) is 3.24. The second-order valence-corrected chi connectivity index (χ2v) is 9.00. The minimum Gasteiger partial charge on any atom is -0.494 e. The van der Waals surface area contributed by atoms with Crippen LogP contribution in [-0.2, 0) is 4.79 Å². The van der Waals surface area contributed by atoms with E-state index < -0.39 is 0 Å². The van der Waals surface area contributed by atoms with Crippen LogP contribution in [0.5, 0.6) is 5.75 Å². The van der Waals surface area contributed by atoms with Gasteiger partial charge in [-0.05, 0) is 69.5 Å². The largest absolute Gasteiger partial charge is 0.494 e. The minimum absolute atomic E-state index is 0.0837. The third kappa shape index (κ3) is 4.80. The van der Waals surface area contributed by atoms with Crippen molar-refractivity contribution in [2.24, 2.45) is 0 Å². The number of para-hydroxylation sites is 1. The normalized spacial score (nSPS) is 14.9. The van der Waals surface area contributed by atoms with Crippen LogP contribution in [0.3, 0.4) is 0 Å². The topological polar surface area (TPSA) is 60.3 Å². The zero-order valence-electron chi connectivity index (χ0n) is 18.3. The van der Waals surface area contributed by atoms with Gasteiger partial charge in [0.25, 0.3) is 0 Å². The summed E-state index contributed by atoms with van der Waals surface area (Å²) >= 11 is 1.31. The molecule has 1 aromatic heterocycles. The van der Waals surface area contributed by atoms with Gasteiger partial charge in [0.15, 0.2) is 11.0 Å². The summed E-state index contributed by atoms with van der Waals surface area (Å²) in [7, 11) is 0. The van der Waals surface area contributed by atoms with Crippen LogP contribution in [0.1, 0.15) is 33.1 Å². The first-order valence-corrected chi connectivity index (χ1v) is 11.9. The zero-order chi connectivity index (χ0) is 22.5. The van der Waals surface area contributed by atoms with Crippen molar-refractivity contribution < 1.29 is 13.9 Å². The summed E-state index contributed by atoms with van der Waals surface area (Å²) in [5.74, 6) is 0.971. The molecule has 2 heterocycles. The fourth-order valence-electron chi connectivity index (χ4n) is 3.83. The van der Waals surface area contributed by atoms with E-state index in [1.54, 1.807) is 22.8 Å². The maximum atomic E-state index is 14.8. The number of likely N-dealkylation sites (tertiary alicyclic amines) is 1. The van der Waals surface area contributed by atoms with Gasteiger partial charge in [0.2, 0.25) is 5.91 Å². The molecule has 6 nitrogen and oxygen atoms in total. The number of nitrogens with zero attached hydrogens (tertiary/aromatic N) is 4. The number of hydrogen-bond acceptors (Lipinski definition) is 5. The van der Waals surface area contributed by atoms with Gasteiger partial charge in [-0.2, -0.15) is 0 Å². The number of piperidine rings is 1. The van der Waals surface area contributed by atoms with E-state index in [0.717, 1.165) is 37.2 Å². The molecule has 32 heavy (non-hydrogen) atoms. The first-order valence-electron chi connectivity index (χ1n) is 11.0. The Morgan fingerprint density at radius 3 is 2.50 bits per heavy atom. The standard InChI is InChI=1S/C24H27FN4O2S/c1-3-31-19-13-11-18(12-14-19)22-26-27-24(29(22)21-10-6-5-9-20(21)25)32-17(2)23(30)28-15-7-4-8-16-28/h5-6,9-14,17H,3-4,7-8,15-16H2,1-2H3. The van der Waals surface area contributed by atoms with E-state index in [2.05, 4.69) is 10.2 Å². The van der Waals surface area contributed by atoms with Gasteiger partial charge in [-0.1, -0.05) is 23.9 Å². The van der Waals surface area contributed by atoms with E-state index in [9.17, 15) is 9.18 Å². The number of thioether (sulfide) groups is 1. The minimum atomic E-state index is -0.378. The quantitative estimate of drug-likeness (QED) is 0.472. The molecular weight excluding hydrogens is 427 g/mol. The van der Waals surface area contributed by atoms with E-state index in [1.165, 1.54) is 24.2 Å². The predicted molar refractivity (Wildman–Crippen MR) is 124 cm³/mol. The number of benzene rings is 2. The third-order valence-corrected chi connectivity index (χ3v) is 6.48. The van der Waals surface area contributed by atoms with E-state index in [-0.39, 0.29) is 17.0 Å². The van der Waals surface area contributed by atoms with Crippen molar-refractivity contribution in [2.45, 2.75) is 43.5 Å². The summed E-state index contributed by atoms with van der Waals surface area (Å²) in [4.78, 5) is 14.9. The number of amides is 1. The SMILES string of the molecule is CCOc1ccc(-c2nnc(SC(C)C(=O)N3CCCCC3)n2-c2ccccc2F)cc1. The van der Waals surface area contributed by atoms with Crippen LogP contribution < -0.4 is 4.74 Å². The van der Waals surface area contributed by atoms with Crippen molar-refractivity contribution in [1.29, 1.82) is 0 Å². The lowest BCUT2D eigenvalue weighted by Gasteiger charge is -2.28. The van der Waals surface area contributed by atoms with Gasteiger partial charge >= 0.3 is 0 Å². The van der Waals surface area contributed by atoms with Crippen LogP contribution in [0.25, 0.3) is 17.1 Å². The third-order valence-electron chi connectivity index (χ3n) is 5.45. The second-order valence-electron chi connectivity index (χ2n) is 7.70. The van der Waals surface area contributed by atoms with Crippen LogP contribution in [0.2, 0.25) is 0 Å². The smallest absolute Gasteiger partial charge is 0.235 e. The highest BCUT2D eigenvalue weighted by Crippen LogP contribution is 2.32. The summed E-state index contributed by atoms with van der Waals surface area (Å²) in [5, 5.41) is 8.84. The highest BCUT2D eigenvalue weighted by Gasteiger charge is 2.26. The van der Waals surface area contributed by atoms with Crippen molar-refractivity contribution >= 4 is 17.7 Å². The highest BCUT2D eigenvalue weighted by molar-refractivity contribution is 8.00. The van der Waals surface area contributed by atoms with Gasteiger partial charge < -0.3 is 9.64 Å². The van der Waals surface area contributed by atoms with Crippen molar-refractivity contribution in [3.63, 3.8) is 0 Å². The van der Waals surface area contributed by atoms with Crippen molar-refractivity contribution in [1.82, 2.24) is 19.7 Å². The predicted octanol–water partition coefficient (Wildman–Crippen LogP) is 4.97. The molecule has 1 saturated heterocycles. The number of hydrogen-bond donors (Lipinski definition) is 0. The number of carbonyl (C=O) groups is 1. The highest BCUT2D eigenvalue weighted by atomic mass is 32.2. The molecule has 3 aromatic rings. The molecule has 0 saturated carbocycles. The summed E-state index contributed by atoms with van der Waals surface area (Å²) in [6.45, 7) is 5.97.